The monoisotopic (exact) mass is 257 g/mol. The molecule has 3 heteroatoms. The summed E-state index contributed by atoms with van der Waals surface area (Å²) in [6, 6.07) is 10.5. The number of hydrogen-bond acceptors (Lipinski definition) is 2. The fourth-order valence-electron chi connectivity index (χ4n) is 2.15. The molecule has 0 radical (unpaired) electrons. The fourth-order valence-corrected chi connectivity index (χ4v) is 2.15. The SMILES string of the molecule is Cc1cc(C)cc(N(C)c2cc(F)cc(C=O)c2)c1. The Morgan fingerprint density at radius 3 is 2.11 bits per heavy atom. The molecule has 98 valence electrons. The van der Waals surface area contributed by atoms with Crippen molar-refractivity contribution < 1.29 is 9.18 Å². The standard InChI is InChI=1S/C16H16FNO/c1-11-4-12(2)6-15(5-11)18(3)16-8-13(10-19)7-14(17)9-16/h4-10H,1-3H3. The van der Waals surface area contributed by atoms with E-state index in [2.05, 4.69) is 6.07 Å². The molecule has 0 heterocycles. The van der Waals surface area contributed by atoms with Crippen LogP contribution in [0.1, 0.15) is 21.5 Å². The highest BCUT2D eigenvalue weighted by molar-refractivity contribution is 5.78. The fraction of sp³-hybridized carbons (Fsp3) is 0.188. The quantitative estimate of drug-likeness (QED) is 0.774. The van der Waals surface area contributed by atoms with E-state index in [-0.39, 0.29) is 0 Å². The summed E-state index contributed by atoms with van der Waals surface area (Å²) in [6.07, 6.45) is 0.655. The van der Waals surface area contributed by atoms with E-state index in [1.54, 1.807) is 6.07 Å². The number of carbonyl (C=O) groups is 1. The van der Waals surface area contributed by atoms with Crippen molar-refractivity contribution in [2.75, 3.05) is 11.9 Å². The van der Waals surface area contributed by atoms with Gasteiger partial charge in [0.05, 0.1) is 0 Å². The van der Waals surface area contributed by atoms with Gasteiger partial charge in [0.15, 0.2) is 0 Å². The van der Waals surface area contributed by atoms with Crippen molar-refractivity contribution in [3.63, 3.8) is 0 Å². The zero-order chi connectivity index (χ0) is 14.0. The molecule has 2 nitrogen and oxygen atoms in total. The molecule has 0 N–H and O–H groups in total. The largest absolute Gasteiger partial charge is 0.345 e. The summed E-state index contributed by atoms with van der Waals surface area (Å²) in [4.78, 5) is 12.7. The Morgan fingerprint density at radius 1 is 0.947 bits per heavy atom. The number of benzene rings is 2. The second-order valence-electron chi connectivity index (χ2n) is 4.77. The zero-order valence-electron chi connectivity index (χ0n) is 11.3. The van der Waals surface area contributed by atoms with Gasteiger partial charge in [-0.05, 0) is 55.3 Å². The minimum Gasteiger partial charge on any atom is -0.345 e. The highest BCUT2D eigenvalue weighted by Crippen LogP contribution is 2.26. The van der Waals surface area contributed by atoms with E-state index >= 15 is 0 Å². The van der Waals surface area contributed by atoms with Crippen molar-refractivity contribution in [2.45, 2.75) is 13.8 Å². The molecule has 0 spiro atoms. The third-order valence-electron chi connectivity index (χ3n) is 3.02. The van der Waals surface area contributed by atoms with Gasteiger partial charge in [-0.2, -0.15) is 0 Å². The molecule has 0 amide bonds. The lowest BCUT2D eigenvalue weighted by Crippen LogP contribution is -2.10. The van der Waals surface area contributed by atoms with Gasteiger partial charge in [-0.25, -0.2) is 4.39 Å². The third-order valence-corrected chi connectivity index (χ3v) is 3.02. The molecule has 2 aromatic carbocycles. The number of carbonyl (C=O) groups excluding carboxylic acids is 1. The van der Waals surface area contributed by atoms with Crippen molar-refractivity contribution in [3.8, 4) is 0 Å². The average Bonchev–Trinajstić information content (AvgIpc) is 2.35. The second-order valence-corrected chi connectivity index (χ2v) is 4.77. The number of halogens is 1. The first-order valence-corrected chi connectivity index (χ1v) is 6.07. The average molecular weight is 257 g/mol. The number of hydrogen-bond donors (Lipinski definition) is 0. The van der Waals surface area contributed by atoms with Gasteiger partial charge >= 0.3 is 0 Å². The molecule has 2 aromatic rings. The topological polar surface area (TPSA) is 20.3 Å². The van der Waals surface area contributed by atoms with Crippen LogP contribution in [0.2, 0.25) is 0 Å². The summed E-state index contributed by atoms with van der Waals surface area (Å²) in [5.74, 6) is -0.407. The zero-order valence-corrected chi connectivity index (χ0v) is 11.3. The Labute approximate surface area is 112 Å². The molecule has 0 aliphatic carbocycles. The summed E-state index contributed by atoms with van der Waals surface area (Å²) in [6.45, 7) is 4.04. The number of rotatable bonds is 3. The van der Waals surface area contributed by atoms with Crippen molar-refractivity contribution in [1.29, 1.82) is 0 Å². The van der Waals surface area contributed by atoms with Gasteiger partial charge in [-0.15, -0.1) is 0 Å². The van der Waals surface area contributed by atoms with Gasteiger partial charge < -0.3 is 4.90 Å². The van der Waals surface area contributed by atoms with Crippen LogP contribution in [0.4, 0.5) is 15.8 Å². The third kappa shape index (κ3) is 2.99. The Morgan fingerprint density at radius 2 is 1.53 bits per heavy atom. The van der Waals surface area contributed by atoms with Gasteiger partial charge in [0.25, 0.3) is 0 Å². The van der Waals surface area contributed by atoms with Crippen molar-refractivity contribution in [3.05, 3.63) is 58.9 Å². The number of anilines is 2. The lowest BCUT2D eigenvalue weighted by atomic mass is 10.1. The summed E-state index contributed by atoms with van der Waals surface area (Å²) < 4.78 is 13.5. The van der Waals surface area contributed by atoms with Gasteiger partial charge in [0, 0.05) is 24.0 Å². The molecule has 0 aromatic heterocycles. The highest BCUT2D eigenvalue weighted by atomic mass is 19.1. The van der Waals surface area contributed by atoms with E-state index in [0.717, 1.165) is 16.8 Å². The molecule has 19 heavy (non-hydrogen) atoms. The Kier molecular flexibility index (Phi) is 3.65. The smallest absolute Gasteiger partial charge is 0.150 e. The maximum atomic E-state index is 13.5. The lowest BCUT2D eigenvalue weighted by Gasteiger charge is -2.21. The molecule has 0 fully saturated rings. The predicted molar refractivity (Wildman–Crippen MR) is 75.8 cm³/mol. The highest BCUT2D eigenvalue weighted by Gasteiger charge is 2.08. The first-order chi connectivity index (χ1) is 8.99. The molecule has 0 unspecified atom stereocenters. The molecule has 0 aliphatic heterocycles. The lowest BCUT2D eigenvalue weighted by molar-refractivity contribution is 0.112. The van der Waals surface area contributed by atoms with Crippen LogP contribution < -0.4 is 4.90 Å². The summed E-state index contributed by atoms with van der Waals surface area (Å²) in [7, 11) is 1.86. The van der Waals surface area contributed by atoms with Crippen LogP contribution in [-0.4, -0.2) is 13.3 Å². The molecular formula is C16H16FNO. The Balaban J connectivity index is 2.45. The summed E-state index contributed by atoms with van der Waals surface area (Å²) >= 11 is 0. The van der Waals surface area contributed by atoms with Crippen LogP contribution in [0.15, 0.2) is 36.4 Å². The second kappa shape index (κ2) is 5.22. The first-order valence-electron chi connectivity index (χ1n) is 6.07. The van der Waals surface area contributed by atoms with Gasteiger partial charge in [0.2, 0.25) is 0 Å². The molecule has 2 rings (SSSR count). The Hall–Kier alpha value is -2.16. The van der Waals surface area contributed by atoms with Crippen molar-refractivity contribution >= 4 is 17.7 Å². The summed E-state index contributed by atoms with van der Waals surface area (Å²) in [5, 5.41) is 0. The van der Waals surface area contributed by atoms with Crippen LogP contribution in [0.25, 0.3) is 0 Å². The number of nitrogens with zero attached hydrogens (tertiary/aromatic N) is 1. The predicted octanol–water partition coefficient (Wildman–Crippen LogP) is 4.02. The van der Waals surface area contributed by atoms with Gasteiger partial charge in [0.1, 0.15) is 12.1 Å². The minimum atomic E-state index is -0.407. The molecule has 0 aliphatic rings. The van der Waals surface area contributed by atoms with Crippen LogP contribution in [0.5, 0.6) is 0 Å². The molecule has 0 atom stereocenters. The van der Waals surface area contributed by atoms with E-state index in [4.69, 9.17) is 0 Å². The number of aryl methyl sites for hydroxylation is 2. The van der Waals surface area contributed by atoms with Crippen LogP contribution in [0.3, 0.4) is 0 Å². The van der Waals surface area contributed by atoms with E-state index in [1.807, 2.05) is 37.9 Å². The molecule has 0 bridgehead atoms. The van der Waals surface area contributed by atoms with Gasteiger partial charge in [-0.3, -0.25) is 4.79 Å². The van der Waals surface area contributed by atoms with Gasteiger partial charge in [-0.1, -0.05) is 6.07 Å². The van der Waals surface area contributed by atoms with Crippen molar-refractivity contribution in [2.24, 2.45) is 0 Å². The summed E-state index contributed by atoms with van der Waals surface area (Å²) in [5.41, 5.74) is 4.26. The minimum absolute atomic E-state index is 0.339. The molecule has 0 saturated carbocycles. The van der Waals surface area contributed by atoms with E-state index in [0.29, 0.717) is 17.5 Å². The maximum Gasteiger partial charge on any atom is 0.150 e. The normalized spacial score (nSPS) is 10.3. The Bertz CT molecular complexity index is 602. The van der Waals surface area contributed by atoms with E-state index < -0.39 is 5.82 Å². The van der Waals surface area contributed by atoms with Crippen LogP contribution in [0, 0.1) is 19.7 Å². The van der Waals surface area contributed by atoms with Crippen LogP contribution in [-0.2, 0) is 0 Å². The first kappa shape index (κ1) is 13.3. The van der Waals surface area contributed by atoms with Crippen LogP contribution >= 0.6 is 0 Å². The number of aldehydes is 1. The maximum absolute atomic E-state index is 13.5. The molecule has 0 saturated heterocycles. The van der Waals surface area contributed by atoms with Crippen molar-refractivity contribution in [1.82, 2.24) is 0 Å². The van der Waals surface area contributed by atoms with E-state index in [9.17, 15) is 9.18 Å². The van der Waals surface area contributed by atoms with E-state index in [1.165, 1.54) is 12.1 Å². The molecular weight excluding hydrogens is 241 g/mol.